The van der Waals surface area contributed by atoms with Crippen molar-refractivity contribution in [3.05, 3.63) is 65.9 Å². The van der Waals surface area contributed by atoms with Gasteiger partial charge in [-0.05, 0) is 29.8 Å². The van der Waals surface area contributed by atoms with E-state index in [-0.39, 0.29) is 5.91 Å². The number of hydrogen-bond acceptors (Lipinski definition) is 4. The number of carbonyl (C=O) groups is 1. The second-order valence-electron chi connectivity index (χ2n) is 5.61. The van der Waals surface area contributed by atoms with Crippen LogP contribution in [0.25, 0.3) is 11.0 Å². The molecule has 2 N–H and O–H groups in total. The number of nitrogens with two attached hydrogens (primary N) is 1. The molecule has 1 amide bonds. The molecular formula is C19H20N2O3. The topological polar surface area (TPSA) is 68.7 Å². The highest BCUT2D eigenvalue weighted by Gasteiger charge is 2.20. The Kier molecular flexibility index (Phi) is 4.82. The van der Waals surface area contributed by atoms with Crippen LogP contribution in [0, 0.1) is 0 Å². The molecule has 1 heterocycles. The van der Waals surface area contributed by atoms with Crippen molar-refractivity contribution < 1.29 is 13.9 Å². The first-order chi connectivity index (χ1) is 11.7. The molecule has 0 atom stereocenters. The van der Waals surface area contributed by atoms with Crippen molar-refractivity contribution in [2.75, 3.05) is 26.0 Å². The number of carbonyl (C=O) groups excluding carboxylic acids is 1. The van der Waals surface area contributed by atoms with E-state index in [1.54, 1.807) is 36.3 Å². The summed E-state index contributed by atoms with van der Waals surface area (Å²) in [6.45, 7) is 1.46. The molecular weight excluding hydrogens is 304 g/mol. The summed E-state index contributed by atoms with van der Waals surface area (Å²) in [7, 11) is 1.62. The van der Waals surface area contributed by atoms with Crippen LogP contribution in [0.2, 0.25) is 0 Å². The molecule has 0 bridgehead atoms. The zero-order valence-corrected chi connectivity index (χ0v) is 13.6. The maximum absolute atomic E-state index is 12.9. The number of furan rings is 1. The highest BCUT2D eigenvalue weighted by atomic mass is 16.5. The van der Waals surface area contributed by atoms with Gasteiger partial charge in [-0.15, -0.1) is 0 Å². The molecule has 0 saturated carbocycles. The summed E-state index contributed by atoms with van der Waals surface area (Å²) < 4.78 is 10.8. The zero-order valence-electron chi connectivity index (χ0n) is 13.6. The number of hydrogen-bond donors (Lipinski definition) is 1. The van der Waals surface area contributed by atoms with E-state index in [1.165, 1.54) is 0 Å². The van der Waals surface area contributed by atoms with Crippen LogP contribution >= 0.6 is 0 Å². The molecule has 1 aromatic heterocycles. The van der Waals surface area contributed by atoms with Gasteiger partial charge >= 0.3 is 0 Å². The van der Waals surface area contributed by atoms with E-state index < -0.39 is 0 Å². The SMILES string of the molecule is COCCN(Cc1ccccc1)C(=O)c1cc2cc(N)ccc2o1. The Morgan fingerprint density at radius 2 is 1.96 bits per heavy atom. The van der Waals surface area contributed by atoms with Crippen LogP contribution in [0.3, 0.4) is 0 Å². The predicted molar refractivity (Wildman–Crippen MR) is 93.7 cm³/mol. The number of anilines is 1. The van der Waals surface area contributed by atoms with Gasteiger partial charge in [-0.2, -0.15) is 0 Å². The normalized spacial score (nSPS) is 10.9. The van der Waals surface area contributed by atoms with Crippen molar-refractivity contribution in [3.8, 4) is 0 Å². The lowest BCUT2D eigenvalue weighted by atomic mass is 10.2. The van der Waals surface area contributed by atoms with E-state index in [0.29, 0.717) is 36.7 Å². The molecule has 0 fully saturated rings. The quantitative estimate of drug-likeness (QED) is 0.706. The molecule has 0 aliphatic carbocycles. The van der Waals surface area contributed by atoms with E-state index in [2.05, 4.69) is 0 Å². The number of nitrogen functional groups attached to an aromatic ring is 1. The first-order valence-corrected chi connectivity index (χ1v) is 7.78. The van der Waals surface area contributed by atoms with Crippen LogP contribution in [0.5, 0.6) is 0 Å². The second kappa shape index (κ2) is 7.19. The third kappa shape index (κ3) is 3.58. The van der Waals surface area contributed by atoms with Gasteiger partial charge in [0, 0.05) is 31.3 Å². The Labute approximate surface area is 140 Å². The molecule has 2 aromatic carbocycles. The summed E-state index contributed by atoms with van der Waals surface area (Å²) >= 11 is 0. The van der Waals surface area contributed by atoms with Crippen molar-refractivity contribution >= 4 is 22.6 Å². The van der Waals surface area contributed by atoms with Crippen LogP contribution < -0.4 is 5.73 Å². The summed E-state index contributed by atoms with van der Waals surface area (Å²) in [6, 6.07) is 16.9. The molecule has 5 nitrogen and oxygen atoms in total. The molecule has 5 heteroatoms. The van der Waals surface area contributed by atoms with Gasteiger partial charge in [0.05, 0.1) is 6.61 Å². The minimum atomic E-state index is -0.161. The minimum absolute atomic E-state index is 0.161. The molecule has 0 unspecified atom stereocenters. The lowest BCUT2D eigenvalue weighted by Gasteiger charge is -2.21. The first kappa shape index (κ1) is 16.1. The highest BCUT2D eigenvalue weighted by Crippen LogP contribution is 2.23. The number of ether oxygens (including phenoxy) is 1. The molecule has 124 valence electrons. The maximum Gasteiger partial charge on any atom is 0.289 e. The van der Waals surface area contributed by atoms with Crippen LogP contribution in [0.1, 0.15) is 16.1 Å². The number of rotatable bonds is 6. The van der Waals surface area contributed by atoms with Gasteiger partial charge < -0.3 is 19.8 Å². The maximum atomic E-state index is 12.9. The molecule has 0 saturated heterocycles. The van der Waals surface area contributed by atoms with Gasteiger partial charge in [-0.3, -0.25) is 4.79 Å². The summed E-state index contributed by atoms with van der Waals surface area (Å²) in [4.78, 5) is 14.6. The number of amides is 1. The molecule has 24 heavy (non-hydrogen) atoms. The number of nitrogens with zero attached hydrogens (tertiary/aromatic N) is 1. The van der Waals surface area contributed by atoms with Crippen molar-refractivity contribution in [1.82, 2.24) is 4.90 Å². The predicted octanol–water partition coefficient (Wildman–Crippen LogP) is 3.30. The molecule has 0 aliphatic heterocycles. The fourth-order valence-electron chi connectivity index (χ4n) is 2.58. The van der Waals surface area contributed by atoms with E-state index in [9.17, 15) is 4.79 Å². The summed E-state index contributed by atoms with van der Waals surface area (Å²) in [5.41, 5.74) is 8.13. The fourth-order valence-corrected chi connectivity index (χ4v) is 2.58. The Morgan fingerprint density at radius 1 is 1.17 bits per heavy atom. The van der Waals surface area contributed by atoms with E-state index >= 15 is 0 Å². The van der Waals surface area contributed by atoms with Crippen LogP contribution in [0.15, 0.2) is 59.0 Å². The average molecular weight is 324 g/mol. The molecule has 3 rings (SSSR count). The second-order valence-corrected chi connectivity index (χ2v) is 5.61. The van der Waals surface area contributed by atoms with Crippen molar-refractivity contribution in [3.63, 3.8) is 0 Å². The zero-order chi connectivity index (χ0) is 16.9. The molecule has 3 aromatic rings. The van der Waals surface area contributed by atoms with Gasteiger partial charge in [-0.1, -0.05) is 30.3 Å². The number of benzene rings is 2. The van der Waals surface area contributed by atoms with Gasteiger partial charge in [0.25, 0.3) is 5.91 Å². The average Bonchev–Trinajstić information content (AvgIpc) is 3.02. The molecule has 0 radical (unpaired) electrons. The smallest absolute Gasteiger partial charge is 0.289 e. The minimum Gasteiger partial charge on any atom is -0.451 e. The third-order valence-electron chi connectivity index (χ3n) is 3.82. The first-order valence-electron chi connectivity index (χ1n) is 7.78. The monoisotopic (exact) mass is 324 g/mol. The van der Waals surface area contributed by atoms with Gasteiger partial charge in [0.15, 0.2) is 5.76 Å². The number of methoxy groups -OCH3 is 1. The Bertz CT molecular complexity index is 827. The van der Waals surface area contributed by atoms with E-state index in [0.717, 1.165) is 10.9 Å². The Hall–Kier alpha value is -2.79. The summed E-state index contributed by atoms with van der Waals surface area (Å²) in [5.74, 6) is 0.147. The summed E-state index contributed by atoms with van der Waals surface area (Å²) in [5, 5.41) is 0.824. The van der Waals surface area contributed by atoms with Crippen LogP contribution in [-0.4, -0.2) is 31.1 Å². The third-order valence-corrected chi connectivity index (χ3v) is 3.82. The summed E-state index contributed by atoms with van der Waals surface area (Å²) in [6.07, 6.45) is 0. The standard InChI is InChI=1S/C19H20N2O3/c1-23-10-9-21(13-14-5-3-2-4-6-14)19(22)18-12-15-11-16(20)7-8-17(15)24-18/h2-8,11-12H,9-10,13,20H2,1H3. The van der Waals surface area contributed by atoms with Gasteiger partial charge in [-0.25, -0.2) is 0 Å². The molecule has 0 spiro atoms. The van der Waals surface area contributed by atoms with Crippen LogP contribution in [0.4, 0.5) is 5.69 Å². The van der Waals surface area contributed by atoms with Crippen molar-refractivity contribution in [2.24, 2.45) is 0 Å². The Morgan fingerprint density at radius 3 is 2.71 bits per heavy atom. The van der Waals surface area contributed by atoms with Crippen LogP contribution in [-0.2, 0) is 11.3 Å². The lowest BCUT2D eigenvalue weighted by molar-refractivity contribution is 0.0651. The van der Waals surface area contributed by atoms with Crippen molar-refractivity contribution in [1.29, 1.82) is 0 Å². The number of fused-ring (bicyclic) bond motifs is 1. The Balaban J connectivity index is 1.85. The highest BCUT2D eigenvalue weighted by molar-refractivity contribution is 5.96. The van der Waals surface area contributed by atoms with E-state index in [1.807, 2.05) is 30.3 Å². The fraction of sp³-hybridized carbons (Fsp3) is 0.211. The largest absolute Gasteiger partial charge is 0.451 e. The van der Waals surface area contributed by atoms with Crippen molar-refractivity contribution in [2.45, 2.75) is 6.54 Å². The lowest BCUT2D eigenvalue weighted by Crippen LogP contribution is -2.33. The van der Waals surface area contributed by atoms with Gasteiger partial charge in [0.1, 0.15) is 5.58 Å². The van der Waals surface area contributed by atoms with E-state index in [4.69, 9.17) is 14.9 Å². The van der Waals surface area contributed by atoms with Gasteiger partial charge in [0.2, 0.25) is 0 Å². The molecule has 0 aliphatic rings.